The molecule has 4 aromatic carbocycles. The molecular formula is C28H26O3. The van der Waals surface area contributed by atoms with Crippen LogP contribution in [0.5, 0.6) is 17.2 Å². The Hall–Kier alpha value is -3.72. The second-order valence-corrected chi connectivity index (χ2v) is 7.35. The van der Waals surface area contributed by atoms with Crippen LogP contribution in [0.4, 0.5) is 0 Å². The van der Waals surface area contributed by atoms with Crippen LogP contribution in [0.15, 0.2) is 97.1 Å². The van der Waals surface area contributed by atoms with Gasteiger partial charge in [0.1, 0.15) is 23.9 Å². The maximum absolute atomic E-state index is 5.94. The predicted octanol–water partition coefficient (Wildman–Crippen LogP) is 6.54. The van der Waals surface area contributed by atoms with Crippen molar-refractivity contribution >= 4 is 0 Å². The van der Waals surface area contributed by atoms with Gasteiger partial charge in [0.15, 0.2) is 0 Å². The fraction of sp³-hybridized carbons (Fsp3) is 0.143. The summed E-state index contributed by atoms with van der Waals surface area (Å²) >= 11 is 0. The van der Waals surface area contributed by atoms with Gasteiger partial charge in [-0.25, -0.2) is 0 Å². The first-order chi connectivity index (χ1) is 15.2. The number of methoxy groups -OCH3 is 2. The average molecular weight is 411 g/mol. The molecular weight excluding hydrogens is 384 g/mol. The molecule has 0 fully saturated rings. The Balaban J connectivity index is 1.57. The minimum absolute atomic E-state index is 0.556. The van der Waals surface area contributed by atoms with Crippen LogP contribution in [-0.2, 0) is 13.0 Å². The summed E-state index contributed by atoms with van der Waals surface area (Å²) in [6.45, 7) is 0.556. The molecule has 156 valence electrons. The molecule has 0 saturated carbocycles. The second kappa shape index (κ2) is 9.86. The van der Waals surface area contributed by atoms with Gasteiger partial charge in [-0.2, -0.15) is 0 Å². The number of ether oxygens (including phenoxy) is 3. The van der Waals surface area contributed by atoms with Gasteiger partial charge in [0.25, 0.3) is 0 Å². The van der Waals surface area contributed by atoms with Crippen LogP contribution in [0.25, 0.3) is 11.1 Å². The van der Waals surface area contributed by atoms with E-state index in [9.17, 15) is 0 Å². The smallest absolute Gasteiger partial charge is 0.119 e. The van der Waals surface area contributed by atoms with Gasteiger partial charge in [-0.15, -0.1) is 0 Å². The lowest BCUT2D eigenvalue weighted by Gasteiger charge is -2.14. The van der Waals surface area contributed by atoms with Crippen molar-refractivity contribution in [2.75, 3.05) is 14.2 Å². The average Bonchev–Trinajstić information content (AvgIpc) is 2.84. The molecule has 0 spiro atoms. The number of hydrogen-bond donors (Lipinski definition) is 0. The predicted molar refractivity (Wildman–Crippen MR) is 125 cm³/mol. The molecule has 4 rings (SSSR count). The molecule has 0 atom stereocenters. The molecule has 0 aliphatic rings. The van der Waals surface area contributed by atoms with Crippen LogP contribution in [0.3, 0.4) is 0 Å². The monoisotopic (exact) mass is 410 g/mol. The summed E-state index contributed by atoms with van der Waals surface area (Å²) in [7, 11) is 3.39. The van der Waals surface area contributed by atoms with E-state index in [-0.39, 0.29) is 0 Å². The van der Waals surface area contributed by atoms with Crippen molar-refractivity contribution in [2.45, 2.75) is 13.0 Å². The summed E-state index contributed by atoms with van der Waals surface area (Å²) in [6.07, 6.45) is 0.808. The van der Waals surface area contributed by atoms with E-state index in [0.717, 1.165) is 40.4 Å². The molecule has 0 aromatic heterocycles. The van der Waals surface area contributed by atoms with Crippen LogP contribution in [0.2, 0.25) is 0 Å². The molecule has 0 heterocycles. The summed E-state index contributed by atoms with van der Waals surface area (Å²) in [4.78, 5) is 0. The number of rotatable bonds is 8. The SMILES string of the molecule is COc1cccc(Cc2ccc(OC)cc2-c2ccc(OCc3ccccc3)cc2)c1. The molecule has 31 heavy (non-hydrogen) atoms. The minimum Gasteiger partial charge on any atom is -0.497 e. The highest BCUT2D eigenvalue weighted by molar-refractivity contribution is 5.70. The number of hydrogen-bond acceptors (Lipinski definition) is 3. The Labute approximate surface area is 183 Å². The van der Waals surface area contributed by atoms with Crippen LogP contribution in [-0.4, -0.2) is 14.2 Å². The Bertz CT molecular complexity index is 1120. The van der Waals surface area contributed by atoms with Crippen molar-refractivity contribution < 1.29 is 14.2 Å². The van der Waals surface area contributed by atoms with Crippen LogP contribution >= 0.6 is 0 Å². The zero-order chi connectivity index (χ0) is 21.5. The third-order valence-electron chi connectivity index (χ3n) is 5.26. The van der Waals surface area contributed by atoms with Gasteiger partial charge in [-0.05, 0) is 70.6 Å². The normalized spacial score (nSPS) is 10.5. The van der Waals surface area contributed by atoms with Gasteiger partial charge < -0.3 is 14.2 Å². The van der Waals surface area contributed by atoms with E-state index in [1.807, 2.05) is 48.5 Å². The van der Waals surface area contributed by atoms with Crippen LogP contribution in [0.1, 0.15) is 16.7 Å². The molecule has 0 saturated heterocycles. The summed E-state index contributed by atoms with van der Waals surface area (Å²) < 4.78 is 16.8. The van der Waals surface area contributed by atoms with Crippen molar-refractivity contribution in [3.63, 3.8) is 0 Å². The van der Waals surface area contributed by atoms with E-state index >= 15 is 0 Å². The molecule has 0 N–H and O–H groups in total. The van der Waals surface area contributed by atoms with E-state index in [1.54, 1.807) is 14.2 Å². The first kappa shape index (κ1) is 20.5. The van der Waals surface area contributed by atoms with Gasteiger partial charge >= 0.3 is 0 Å². The fourth-order valence-electron chi connectivity index (χ4n) is 3.58. The van der Waals surface area contributed by atoms with Gasteiger partial charge in [-0.3, -0.25) is 0 Å². The standard InChI is InChI=1S/C28H26O3/c1-29-26-10-6-9-22(18-26)17-24-13-16-27(30-2)19-28(24)23-11-14-25(15-12-23)31-20-21-7-4-3-5-8-21/h3-16,18-19H,17,20H2,1-2H3. The molecule has 0 amide bonds. The summed E-state index contributed by atoms with van der Waals surface area (Å²) in [5.74, 6) is 2.56. The summed E-state index contributed by atoms with van der Waals surface area (Å²) in [5.41, 5.74) is 5.86. The Morgan fingerprint density at radius 3 is 2.00 bits per heavy atom. The maximum atomic E-state index is 5.94. The van der Waals surface area contributed by atoms with E-state index < -0.39 is 0 Å². The van der Waals surface area contributed by atoms with Gasteiger partial charge in [-0.1, -0.05) is 60.7 Å². The van der Waals surface area contributed by atoms with Gasteiger partial charge in [0.05, 0.1) is 14.2 Å². The molecule has 0 unspecified atom stereocenters. The largest absolute Gasteiger partial charge is 0.497 e. The van der Waals surface area contributed by atoms with Crippen molar-refractivity contribution in [3.05, 3.63) is 114 Å². The minimum atomic E-state index is 0.556. The molecule has 0 radical (unpaired) electrons. The first-order valence-electron chi connectivity index (χ1n) is 10.3. The molecule has 0 bridgehead atoms. The maximum Gasteiger partial charge on any atom is 0.119 e. The molecule has 3 nitrogen and oxygen atoms in total. The molecule has 0 aliphatic carbocycles. The highest BCUT2D eigenvalue weighted by Crippen LogP contribution is 2.31. The third-order valence-corrected chi connectivity index (χ3v) is 5.26. The zero-order valence-electron chi connectivity index (χ0n) is 17.9. The van der Waals surface area contributed by atoms with E-state index in [0.29, 0.717) is 6.61 Å². The van der Waals surface area contributed by atoms with Crippen LogP contribution < -0.4 is 14.2 Å². The van der Waals surface area contributed by atoms with E-state index in [1.165, 1.54) is 11.1 Å². The summed E-state index contributed by atoms with van der Waals surface area (Å²) in [5, 5.41) is 0. The Kier molecular flexibility index (Phi) is 6.53. The lowest BCUT2D eigenvalue weighted by atomic mass is 9.94. The fourth-order valence-corrected chi connectivity index (χ4v) is 3.58. The van der Waals surface area contributed by atoms with Gasteiger partial charge in [0, 0.05) is 0 Å². The number of benzene rings is 4. The Morgan fingerprint density at radius 1 is 0.581 bits per heavy atom. The lowest BCUT2D eigenvalue weighted by molar-refractivity contribution is 0.306. The highest BCUT2D eigenvalue weighted by Gasteiger charge is 2.09. The van der Waals surface area contributed by atoms with Crippen molar-refractivity contribution in [1.29, 1.82) is 0 Å². The van der Waals surface area contributed by atoms with E-state index in [4.69, 9.17) is 14.2 Å². The quantitative estimate of drug-likeness (QED) is 0.330. The Morgan fingerprint density at radius 2 is 1.26 bits per heavy atom. The third kappa shape index (κ3) is 5.26. The summed E-state index contributed by atoms with van der Waals surface area (Å²) in [6, 6.07) is 32.9. The molecule has 0 aliphatic heterocycles. The lowest BCUT2D eigenvalue weighted by Crippen LogP contribution is -1.96. The highest BCUT2D eigenvalue weighted by atomic mass is 16.5. The first-order valence-corrected chi connectivity index (χ1v) is 10.3. The molecule has 3 heteroatoms. The molecule has 4 aromatic rings. The van der Waals surface area contributed by atoms with Crippen molar-refractivity contribution in [3.8, 4) is 28.4 Å². The van der Waals surface area contributed by atoms with Gasteiger partial charge in [0.2, 0.25) is 0 Å². The van der Waals surface area contributed by atoms with Crippen molar-refractivity contribution in [2.24, 2.45) is 0 Å². The van der Waals surface area contributed by atoms with Crippen LogP contribution in [0, 0.1) is 0 Å². The van der Waals surface area contributed by atoms with Crippen molar-refractivity contribution in [1.82, 2.24) is 0 Å². The zero-order valence-corrected chi connectivity index (χ0v) is 17.9. The topological polar surface area (TPSA) is 27.7 Å². The van der Waals surface area contributed by atoms with E-state index in [2.05, 4.69) is 48.5 Å². The second-order valence-electron chi connectivity index (χ2n) is 7.35.